The summed E-state index contributed by atoms with van der Waals surface area (Å²) in [5, 5.41) is 15.3. The molecule has 0 aliphatic carbocycles. The van der Waals surface area contributed by atoms with Gasteiger partial charge in [-0.05, 0) is 6.92 Å². The number of alkyl halides is 2. The third-order valence-corrected chi connectivity index (χ3v) is 3.18. The molecule has 2 aromatic rings. The fraction of sp³-hybridized carbons (Fsp3) is 0.308. The third kappa shape index (κ3) is 3.50. The number of carbonyl (C=O) groups is 1. The fourth-order valence-electron chi connectivity index (χ4n) is 1.96. The van der Waals surface area contributed by atoms with Crippen LogP contribution < -0.4 is 9.47 Å². The first-order valence-corrected chi connectivity index (χ1v) is 6.80. The molecule has 0 atom stereocenters. The lowest BCUT2D eigenvalue weighted by Gasteiger charge is -2.10. The summed E-state index contributed by atoms with van der Waals surface area (Å²) in [6, 6.07) is 1.07. The van der Waals surface area contributed by atoms with Crippen LogP contribution in [0.25, 0.3) is 11.3 Å². The molecule has 10 heteroatoms. The van der Waals surface area contributed by atoms with Crippen LogP contribution in [0.1, 0.15) is 17.4 Å². The van der Waals surface area contributed by atoms with Crippen LogP contribution in [0.2, 0.25) is 5.02 Å². The number of pyridine rings is 1. The number of esters is 1. The second-order valence-corrected chi connectivity index (χ2v) is 4.69. The van der Waals surface area contributed by atoms with Crippen molar-refractivity contribution in [2.45, 2.75) is 13.5 Å². The van der Waals surface area contributed by atoms with Gasteiger partial charge in [-0.2, -0.15) is 18.6 Å². The molecule has 7 nitrogen and oxygen atoms in total. The van der Waals surface area contributed by atoms with E-state index < -0.39 is 12.6 Å². The number of aryl methyl sites for hydroxylation is 1. The minimum atomic E-state index is -3.09. The van der Waals surface area contributed by atoms with Gasteiger partial charge in [0.05, 0.1) is 12.3 Å². The molecule has 124 valence electrons. The van der Waals surface area contributed by atoms with Gasteiger partial charge in [0.25, 0.3) is 0 Å². The topological polar surface area (TPSA) is 80.3 Å². The molecule has 2 rings (SSSR count). The van der Waals surface area contributed by atoms with Crippen molar-refractivity contribution in [3.63, 3.8) is 0 Å². The molecule has 0 aliphatic heterocycles. The minimum absolute atomic E-state index is 0.0293. The second kappa shape index (κ2) is 6.78. The van der Waals surface area contributed by atoms with E-state index in [0.717, 1.165) is 18.5 Å². The molecule has 0 spiro atoms. The lowest BCUT2D eigenvalue weighted by Crippen LogP contribution is -2.25. The summed E-state index contributed by atoms with van der Waals surface area (Å²) in [7, 11) is 1.44. The Labute approximate surface area is 134 Å². The summed E-state index contributed by atoms with van der Waals surface area (Å²) in [4.78, 5) is 11.8. The van der Waals surface area contributed by atoms with E-state index in [0.29, 0.717) is 4.73 Å². The Balaban J connectivity index is 2.58. The van der Waals surface area contributed by atoms with E-state index in [2.05, 4.69) is 9.84 Å². The number of hydrogen-bond acceptors (Lipinski definition) is 5. The zero-order chi connectivity index (χ0) is 17.1. The standard InChI is InChI=1S/C13H12ClF2N3O4/c1-3-22-12(20)10-9(14)11(18(2)17-10)7-6-19(21)5-4-8(7)23-13(15)16/h4-6,13H,3H2,1-2H3. The Bertz CT molecular complexity index is 736. The molecule has 0 amide bonds. The fourth-order valence-corrected chi connectivity index (χ4v) is 2.30. The van der Waals surface area contributed by atoms with Crippen molar-refractivity contribution in [2.24, 2.45) is 7.05 Å². The zero-order valence-electron chi connectivity index (χ0n) is 12.1. The predicted octanol–water partition coefficient (Wildman–Crippen LogP) is 2.15. The van der Waals surface area contributed by atoms with Crippen molar-refractivity contribution in [3.8, 4) is 17.0 Å². The van der Waals surface area contributed by atoms with Gasteiger partial charge < -0.3 is 14.7 Å². The highest BCUT2D eigenvalue weighted by Gasteiger charge is 2.26. The number of ether oxygens (including phenoxy) is 2. The lowest BCUT2D eigenvalue weighted by atomic mass is 10.1. The molecule has 2 heterocycles. The maximum Gasteiger partial charge on any atom is 0.387 e. The van der Waals surface area contributed by atoms with Crippen molar-refractivity contribution in [1.29, 1.82) is 0 Å². The highest BCUT2D eigenvalue weighted by molar-refractivity contribution is 6.35. The quantitative estimate of drug-likeness (QED) is 0.470. The van der Waals surface area contributed by atoms with Crippen molar-refractivity contribution >= 4 is 17.6 Å². The molecule has 23 heavy (non-hydrogen) atoms. The van der Waals surface area contributed by atoms with Crippen molar-refractivity contribution < 1.29 is 27.8 Å². The Hall–Kier alpha value is -2.42. The molecule has 0 saturated carbocycles. The third-order valence-electron chi connectivity index (χ3n) is 2.82. The van der Waals surface area contributed by atoms with Gasteiger partial charge in [-0.3, -0.25) is 4.68 Å². The first kappa shape index (κ1) is 16.9. The summed E-state index contributed by atoms with van der Waals surface area (Å²) in [6.45, 7) is -1.36. The van der Waals surface area contributed by atoms with Gasteiger partial charge in [0.1, 0.15) is 16.3 Å². The molecule has 0 fully saturated rings. The molecule has 0 unspecified atom stereocenters. The molecule has 0 saturated heterocycles. The second-order valence-electron chi connectivity index (χ2n) is 4.32. The van der Waals surface area contributed by atoms with Crippen LogP contribution in [-0.4, -0.2) is 29.0 Å². The van der Waals surface area contributed by atoms with E-state index in [9.17, 15) is 18.8 Å². The molecule has 0 aromatic carbocycles. The monoisotopic (exact) mass is 347 g/mol. The highest BCUT2D eigenvalue weighted by Crippen LogP contribution is 2.36. The van der Waals surface area contributed by atoms with Crippen LogP contribution >= 0.6 is 11.6 Å². The average molecular weight is 348 g/mol. The van der Waals surface area contributed by atoms with Crippen molar-refractivity contribution in [3.05, 3.63) is 34.4 Å². The number of carbonyl (C=O) groups excluding carboxylic acids is 1. The van der Waals surface area contributed by atoms with Crippen LogP contribution in [0.15, 0.2) is 18.5 Å². The van der Waals surface area contributed by atoms with E-state index >= 15 is 0 Å². The van der Waals surface area contributed by atoms with Crippen molar-refractivity contribution in [1.82, 2.24) is 9.78 Å². The van der Waals surface area contributed by atoms with Crippen LogP contribution in [0.3, 0.4) is 0 Å². The summed E-state index contributed by atoms with van der Waals surface area (Å²) in [5.41, 5.74) is -0.135. The van der Waals surface area contributed by atoms with E-state index in [1.165, 1.54) is 11.7 Å². The molecule has 2 aromatic heterocycles. The smallest absolute Gasteiger partial charge is 0.387 e. The normalized spacial score (nSPS) is 10.9. The van der Waals surface area contributed by atoms with E-state index in [1.54, 1.807) is 6.92 Å². The summed E-state index contributed by atoms with van der Waals surface area (Å²) >= 11 is 6.12. The van der Waals surface area contributed by atoms with Crippen LogP contribution in [0.4, 0.5) is 8.78 Å². The molecule has 0 aliphatic rings. The molecule has 0 N–H and O–H groups in total. The van der Waals surface area contributed by atoms with Gasteiger partial charge in [-0.15, -0.1) is 0 Å². The zero-order valence-corrected chi connectivity index (χ0v) is 12.9. The summed E-state index contributed by atoms with van der Waals surface area (Å²) in [5.74, 6) is -1.03. The summed E-state index contributed by atoms with van der Waals surface area (Å²) < 4.78 is 35.8. The van der Waals surface area contributed by atoms with Gasteiger partial charge in [0.15, 0.2) is 18.1 Å². The van der Waals surface area contributed by atoms with E-state index in [1.807, 2.05) is 0 Å². The SMILES string of the molecule is CCOC(=O)c1nn(C)c(-c2c[n+]([O-])ccc2OC(F)F)c1Cl. The van der Waals surface area contributed by atoms with Gasteiger partial charge in [-0.25, -0.2) is 4.79 Å². The van der Waals surface area contributed by atoms with Gasteiger partial charge in [-0.1, -0.05) is 11.6 Å². The largest absolute Gasteiger partial charge is 0.619 e. The number of nitrogens with zero attached hydrogens (tertiary/aromatic N) is 3. The molecular weight excluding hydrogens is 336 g/mol. The average Bonchev–Trinajstić information content (AvgIpc) is 2.76. The number of aromatic nitrogens is 3. The van der Waals surface area contributed by atoms with E-state index in [-0.39, 0.29) is 34.3 Å². The number of halogens is 3. The Morgan fingerprint density at radius 3 is 2.87 bits per heavy atom. The molecule has 0 radical (unpaired) electrons. The van der Waals surface area contributed by atoms with E-state index in [4.69, 9.17) is 16.3 Å². The molecule has 0 bridgehead atoms. The Kier molecular flexibility index (Phi) is 4.99. The predicted molar refractivity (Wildman–Crippen MR) is 75.2 cm³/mol. The number of rotatable bonds is 5. The highest BCUT2D eigenvalue weighted by atomic mass is 35.5. The first-order valence-electron chi connectivity index (χ1n) is 6.42. The summed E-state index contributed by atoms with van der Waals surface area (Å²) in [6.07, 6.45) is 1.99. The van der Waals surface area contributed by atoms with Gasteiger partial charge >= 0.3 is 12.6 Å². The maximum atomic E-state index is 12.5. The number of hydrogen-bond donors (Lipinski definition) is 0. The Morgan fingerprint density at radius 2 is 2.26 bits per heavy atom. The van der Waals surface area contributed by atoms with Gasteiger partial charge in [0, 0.05) is 13.1 Å². The minimum Gasteiger partial charge on any atom is -0.619 e. The van der Waals surface area contributed by atoms with Gasteiger partial charge in [0.2, 0.25) is 0 Å². The maximum absolute atomic E-state index is 12.5. The van der Waals surface area contributed by atoms with Crippen LogP contribution in [0.5, 0.6) is 5.75 Å². The Morgan fingerprint density at radius 1 is 1.57 bits per heavy atom. The first-order chi connectivity index (χ1) is 10.8. The van der Waals surface area contributed by atoms with Crippen LogP contribution in [-0.2, 0) is 11.8 Å². The molecular formula is C13H12ClF2N3O4. The van der Waals surface area contributed by atoms with Crippen LogP contribution in [0, 0.1) is 5.21 Å². The van der Waals surface area contributed by atoms with Crippen molar-refractivity contribution in [2.75, 3.05) is 6.61 Å². The lowest BCUT2D eigenvalue weighted by molar-refractivity contribution is -0.604.